The molecule has 0 heterocycles. The maximum atomic E-state index is 11.9. The van der Waals surface area contributed by atoms with Gasteiger partial charge in [0.25, 0.3) is 5.91 Å². The second-order valence-corrected chi connectivity index (χ2v) is 4.89. The molecule has 0 spiro atoms. The maximum absolute atomic E-state index is 11.9. The van der Waals surface area contributed by atoms with Gasteiger partial charge in [0.2, 0.25) is 0 Å². The lowest BCUT2D eigenvalue weighted by Crippen LogP contribution is -2.29. The summed E-state index contributed by atoms with van der Waals surface area (Å²) in [4.78, 5) is 22.5. The van der Waals surface area contributed by atoms with Gasteiger partial charge in [-0.3, -0.25) is 15.6 Å². The van der Waals surface area contributed by atoms with Crippen LogP contribution in [0.2, 0.25) is 10.0 Å². The second kappa shape index (κ2) is 6.47. The molecule has 0 aliphatic carbocycles. The Kier molecular flexibility index (Phi) is 4.67. The molecule has 5 nitrogen and oxygen atoms in total. The van der Waals surface area contributed by atoms with Gasteiger partial charge in [0.05, 0.1) is 21.7 Å². The minimum absolute atomic E-state index is 0.0522. The summed E-state index contributed by atoms with van der Waals surface area (Å²) in [7, 11) is 0. The van der Waals surface area contributed by atoms with Crippen molar-refractivity contribution in [1.29, 1.82) is 0 Å². The molecule has 2 aromatic rings. The van der Waals surface area contributed by atoms with Crippen LogP contribution in [0, 0.1) is 0 Å². The number of hydrogen-bond acceptors (Lipinski definition) is 4. The van der Waals surface area contributed by atoms with Gasteiger partial charge in [-0.05, 0) is 35.9 Å². The molecule has 0 saturated heterocycles. The summed E-state index contributed by atoms with van der Waals surface area (Å²) < 4.78 is 0. The SMILES string of the molecule is O=C([O-])c1ccc(NNC(=O)c2ccc(Cl)c(Cl)c2)cc1. The summed E-state index contributed by atoms with van der Waals surface area (Å²) in [6.07, 6.45) is 0. The molecule has 0 aromatic heterocycles. The molecule has 0 aliphatic heterocycles. The van der Waals surface area contributed by atoms with E-state index in [1.807, 2.05) is 0 Å². The molecule has 0 radical (unpaired) electrons. The van der Waals surface area contributed by atoms with Crippen LogP contribution in [-0.2, 0) is 0 Å². The quantitative estimate of drug-likeness (QED) is 0.844. The topological polar surface area (TPSA) is 81.3 Å². The predicted octanol–water partition coefficient (Wildman–Crippen LogP) is 2.11. The van der Waals surface area contributed by atoms with E-state index in [9.17, 15) is 14.7 Å². The van der Waals surface area contributed by atoms with Gasteiger partial charge in [0.15, 0.2) is 0 Å². The first kappa shape index (κ1) is 15.2. The third-order valence-corrected chi connectivity index (χ3v) is 3.36. The standard InChI is InChI=1S/C14H10Cl2N2O3/c15-11-6-3-9(7-12(11)16)13(19)18-17-10-4-1-8(2-5-10)14(20)21/h1-7,17H,(H,18,19)(H,20,21)/p-1. The fraction of sp³-hybridized carbons (Fsp3) is 0. The smallest absolute Gasteiger partial charge is 0.269 e. The zero-order valence-electron chi connectivity index (χ0n) is 10.5. The Bertz CT molecular complexity index is 687. The van der Waals surface area contributed by atoms with Crippen LogP contribution in [0.5, 0.6) is 0 Å². The van der Waals surface area contributed by atoms with Crippen LogP contribution in [0.3, 0.4) is 0 Å². The highest BCUT2D eigenvalue weighted by Crippen LogP contribution is 2.22. The Labute approximate surface area is 130 Å². The monoisotopic (exact) mass is 323 g/mol. The van der Waals surface area contributed by atoms with Crippen molar-refractivity contribution in [3.05, 3.63) is 63.6 Å². The lowest BCUT2D eigenvalue weighted by molar-refractivity contribution is -0.255. The van der Waals surface area contributed by atoms with E-state index in [-0.39, 0.29) is 10.6 Å². The highest BCUT2D eigenvalue weighted by molar-refractivity contribution is 6.42. The van der Waals surface area contributed by atoms with Gasteiger partial charge in [-0.1, -0.05) is 35.3 Å². The van der Waals surface area contributed by atoms with Crippen molar-refractivity contribution >= 4 is 40.8 Å². The van der Waals surface area contributed by atoms with Crippen molar-refractivity contribution in [2.75, 3.05) is 5.43 Å². The van der Waals surface area contributed by atoms with E-state index in [1.54, 1.807) is 0 Å². The Hall–Kier alpha value is -2.24. The van der Waals surface area contributed by atoms with Crippen LogP contribution in [0.4, 0.5) is 5.69 Å². The van der Waals surface area contributed by atoms with Gasteiger partial charge in [0, 0.05) is 5.56 Å². The van der Waals surface area contributed by atoms with Gasteiger partial charge in [-0.2, -0.15) is 0 Å². The van der Waals surface area contributed by atoms with Gasteiger partial charge in [-0.15, -0.1) is 0 Å². The number of benzene rings is 2. The number of nitrogens with one attached hydrogen (secondary N) is 2. The second-order valence-electron chi connectivity index (χ2n) is 4.07. The Morgan fingerprint density at radius 2 is 1.52 bits per heavy atom. The van der Waals surface area contributed by atoms with Crippen LogP contribution in [0.25, 0.3) is 0 Å². The van der Waals surface area contributed by atoms with E-state index in [0.717, 1.165) is 0 Å². The van der Waals surface area contributed by atoms with E-state index >= 15 is 0 Å². The summed E-state index contributed by atoms with van der Waals surface area (Å²) >= 11 is 11.6. The largest absolute Gasteiger partial charge is 0.545 e. The zero-order valence-corrected chi connectivity index (χ0v) is 12.0. The molecule has 0 saturated carbocycles. The molecule has 7 heteroatoms. The molecule has 0 bridgehead atoms. The van der Waals surface area contributed by atoms with Crippen molar-refractivity contribution in [2.45, 2.75) is 0 Å². The number of hydrogen-bond donors (Lipinski definition) is 2. The van der Waals surface area contributed by atoms with Crippen molar-refractivity contribution in [1.82, 2.24) is 5.43 Å². The first-order valence-corrected chi connectivity index (χ1v) is 6.56. The molecule has 2 N–H and O–H groups in total. The molecular formula is C14H9Cl2N2O3-. The minimum atomic E-state index is -1.26. The fourth-order valence-corrected chi connectivity index (χ4v) is 1.83. The molecule has 108 valence electrons. The summed E-state index contributed by atoms with van der Waals surface area (Å²) in [5, 5.41) is 11.2. The molecule has 0 unspecified atom stereocenters. The van der Waals surface area contributed by atoms with Crippen LogP contribution in [-0.4, -0.2) is 11.9 Å². The van der Waals surface area contributed by atoms with Gasteiger partial charge in [0.1, 0.15) is 0 Å². The molecule has 1 amide bonds. The number of halogens is 2. The molecule has 0 atom stereocenters. The zero-order chi connectivity index (χ0) is 15.4. The van der Waals surface area contributed by atoms with E-state index in [1.165, 1.54) is 42.5 Å². The number of rotatable bonds is 4. The number of amides is 1. The van der Waals surface area contributed by atoms with Gasteiger partial charge >= 0.3 is 0 Å². The average Bonchev–Trinajstić information content (AvgIpc) is 2.48. The molecule has 2 aromatic carbocycles. The normalized spacial score (nSPS) is 10.0. The third kappa shape index (κ3) is 3.87. The first-order chi connectivity index (χ1) is 9.97. The van der Waals surface area contributed by atoms with E-state index in [4.69, 9.17) is 23.2 Å². The Balaban J connectivity index is 2.00. The molecule has 2 rings (SSSR count). The summed E-state index contributed by atoms with van der Waals surface area (Å²) in [5.41, 5.74) is 6.02. The molecule has 0 aliphatic rings. The minimum Gasteiger partial charge on any atom is -0.545 e. The summed E-state index contributed by atoms with van der Waals surface area (Å²) in [6, 6.07) is 10.2. The Morgan fingerprint density at radius 1 is 0.905 bits per heavy atom. The highest BCUT2D eigenvalue weighted by atomic mass is 35.5. The lowest BCUT2D eigenvalue weighted by atomic mass is 10.2. The van der Waals surface area contributed by atoms with Crippen molar-refractivity contribution in [3.63, 3.8) is 0 Å². The van der Waals surface area contributed by atoms with Crippen LogP contribution in [0.1, 0.15) is 20.7 Å². The van der Waals surface area contributed by atoms with Crippen LogP contribution < -0.4 is 16.0 Å². The van der Waals surface area contributed by atoms with Gasteiger partial charge < -0.3 is 9.90 Å². The number of carboxylic acid groups (broad SMARTS) is 1. The van der Waals surface area contributed by atoms with Crippen molar-refractivity contribution in [3.8, 4) is 0 Å². The summed E-state index contributed by atoms with van der Waals surface area (Å²) in [6.45, 7) is 0. The fourth-order valence-electron chi connectivity index (χ4n) is 1.53. The number of aromatic carboxylic acids is 1. The molecular weight excluding hydrogens is 315 g/mol. The number of carbonyl (C=O) groups excluding carboxylic acids is 2. The van der Waals surface area contributed by atoms with Crippen molar-refractivity contribution in [2.24, 2.45) is 0 Å². The Morgan fingerprint density at radius 3 is 2.10 bits per heavy atom. The maximum Gasteiger partial charge on any atom is 0.269 e. The molecule has 21 heavy (non-hydrogen) atoms. The average molecular weight is 324 g/mol. The predicted molar refractivity (Wildman–Crippen MR) is 78.3 cm³/mol. The van der Waals surface area contributed by atoms with E-state index in [0.29, 0.717) is 16.3 Å². The first-order valence-electron chi connectivity index (χ1n) is 5.80. The number of anilines is 1. The third-order valence-electron chi connectivity index (χ3n) is 2.62. The highest BCUT2D eigenvalue weighted by Gasteiger charge is 2.07. The summed E-state index contributed by atoms with van der Waals surface area (Å²) in [5.74, 6) is -1.67. The number of carboxylic acids is 1. The van der Waals surface area contributed by atoms with E-state index in [2.05, 4.69) is 10.9 Å². The lowest BCUT2D eigenvalue weighted by Gasteiger charge is -2.10. The van der Waals surface area contributed by atoms with Gasteiger partial charge in [-0.25, -0.2) is 0 Å². The van der Waals surface area contributed by atoms with E-state index < -0.39 is 11.9 Å². The van der Waals surface area contributed by atoms with Crippen LogP contribution in [0.15, 0.2) is 42.5 Å². The number of hydrazine groups is 1. The number of carbonyl (C=O) groups is 2. The van der Waals surface area contributed by atoms with Crippen molar-refractivity contribution < 1.29 is 14.7 Å². The molecule has 0 fully saturated rings. The van der Waals surface area contributed by atoms with Crippen LogP contribution >= 0.6 is 23.2 Å².